The molecule has 3 unspecified atom stereocenters. The van der Waals surface area contributed by atoms with Gasteiger partial charge in [0.1, 0.15) is 0 Å². The number of hydrogen-bond donors (Lipinski definition) is 1. The van der Waals surface area contributed by atoms with E-state index in [2.05, 4.69) is 21.2 Å². The third-order valence-corrected chi connectivity index (χ3v) is 4.59. The summed E-state index contributed by atoms with van der Waals surface area (Å²) in [5.41, 5.74) is 1.71. The monoisotopic (exact) mass is 326 g/mol. The minimum absolute atomic E-state index is 0.140. The van der Waals surface area contributed by atoms with E-state index in [0.29, 0.717) is 17.7 Å². The van der Waals surface area contributed by atoms with Crippen LogP contribution in [0.5, 0.6) is 0 Å². The average molecular weight is 327 g/mol. The van der Waals surface area contributed by atoms with Gasteiger partial charge in [0.15, 0.2) is 0 Å². The zero-order chi connectivity index (χ0) is 13.6. The quantitative estimate of drug-likeness (QED) is 0.683. The second-order valence-corrected chi connectivity index (χ2v) is 6.09. The van der Waals surface area contributed by atoms with Crippen molar-refractivity contribution in [1.29, 1.82) is 0 Å². The Bertz CT molecular complexity index is 535. The van der Waals surface area contributed by atoms with Gasteiger partial charge in [0, 0.05) is 21.8 Å². The summed E-state index contributed by atoms with van der Waals surface area (Å²) in [6.07, 6.45) is 3.95. The van der Waals surface area contributed by atoms with Crippen molar-refractivity contribution in [1.82, 2.24) is 0 Å². The van der Waals surface area contributed by atoms with E-state index in [-0.39, 0.29) is 16.7 Å². The number of hydrogen-bond acceptors (Lipinski definition) is 4. The SMILES string of the molecule is Cc1cc(NC2CC3CCC2O3)c(Br)cc1[N+](=O)[O-]. The van der Waals surface area contributed by atoms with Crippen molar-refractivity contribution in [3.05, 3.63) is 32.3 Å². The number of rotatable bonds is 3. The van der Waals surface area contributed by atoms with Crippen LogP contribution in [0.1, 0.15) is 24.8 Å². The molecular formula is C13H15BrN2O3. The summed E-state index contributed by atoms with van der Waals surface area (Å²) in [4.78, 5) is 10.5. The molecule has 102 valence electrons. The Hall–Kier alpha value is -1.14. The van der Waals surface area contributed by atoms with E-state index in [1.165, 1.54) is 0 Å². The van der Waals surface area contributed by atoms with Gasteiger partial charge in [-0.25, -0.2) is 0 Å². The number of benzene rings is 1. The molecule has 1 aromatic carbocycles. The van der Waals surface area contributed by atoms with Gasteiger partial charge in [-0.05, 0) is 48.2 Å². The molecule has 2 aliphatic rings. The number of nitro benzene ring substituents is 1. The van der Waals surface area contributed by atoms with Gasteiger partial charge in [0.2, 0.25) is 0 Å². The Labute approximate surface area is 119 Å². The van der Waals surface area contributed by atoms with Crippen molar-refractivity contribution < 1.29 is 9.66 Å². The first-order valence-electron chi connectivity index (χ1n) is 6.41. The molecule has 0 saturated carbocycles. The van der Waals surface area contributed by atoms with Crippen LogP contribution in [-0.2, 0) is 4.74 Å². The predicted octanol–water partition coefficient (Wildman–Crippen LogP) is 3.40. The van der Waals surface area contributed by atoms with Crippen molar-refractivity contribution in [2.45, 2.75) is 44.4 Å². The Morgan fingerprint density at radius 3 is 2.84 bits per heavy atom. The lowest BCUT2D eigenvalue weighted by Gasteiger charge is -2.22. The summed E-state index contributed by atoms with van der Waals surface area (Å²) in [5.74, 6) is 0. The van der Waals surface area contributed by atoms with Gasteiger partial charge in [0.05, 0.1) is 23.2 Å². The molecule has 0 aromatic heterocycles. The number of aryl methyl sites for hydroxylation is 1. The Balaban J connectivity index is 1.81. The highest BCUT2D eigenvalue weighted by molar-refractivity contribution is 9.10. The molecule has 2 aliphatic heterocycles. The fraction of sp³-hybridized carbons (Fsp3) is 0.538. The third-order valence-electron chi connectivity index (χ3n) is 3.93. The largest absolute Gasteiger partial charge is 0.379 e. The highest BCUT2D eigenvalue weighted by Crippen LogP contribution is 2.38. The van der Waals surface area contributed by atoms with Crippen LogP contribution in [0, 0.1) is 17.0 Å². The van der Waals surface area contributed by atoms with Gasteiger partial charge < -0.3 is 10.1 Å². The van der Waals surface area contributed by atoms with Gasteiger partial charge in [-0.15, -0.1) is 0 Å². The average Bonchev–Trinajstić information content (AvgIpc) is 2.95. The topological polar surface area (TPSA) is 64.4 Å². The molecule has 3 rings (SSSR count). The second kappa shape index (κ2) is 4.76. The summed E-state index contributed by atoms with van der Waals surface area (Å²) in [7, 11) is 0. The van der Waals surface area contributed by atoms with Crippen molar-refractivity contribution in [3.63, 3.8) is 0 Å². The summed E-state index contributed by atoms with van der Waals surface area (Å²) in [6.45, 7) is 1.76. The van der Waals surface area contributed by atoms with Gasteiger partial charge in [-0.2, -0.15) is 0 Å². The number of fused-ring (bicyclic) bond motifs is 2. The molecule has 19 heavy (non-hydrogen) atoms. The summed E-state index contributed by atoms with van der Waals surface area (Å²) >= 11 is 3.40. The zero-order valence-electron chi connectivity index (χ0n) is 10.6. The third kappa shape index (κ3) is 2.34. The van der Waals surface area contributed by atoms with Gasteiger partial charge >= 0.3 is 0 Å². The zero-order valence-corrected chi connectivity index (χ0v) is 12.1. The molecule has 6 heteroatoms. The van der Waals surface area contributed by atoms with E-state index < -0.39 is 0 Å². The van der Waals surface area contributed by atoms with Crippen LogP contribution in [-0.4, -0.2) is 23.2 Å². The van der Waals surface area contributed by atoms with Crippen molar-refractivity contribution in [2.75, 3.05) is 5.32 Å². The maximum absolute atomic E-state index is 10.9. The smallest absolute Gasteiger partial charge is 0.273 e. The van der Waals surface area contributed by atoms with Crippen LogP contribution in [0.25, 0.3) is 0 Å². The first kappa shape index (κ1) is 12.9. The minimum atomic E-state index is -0.357. The van der Waals surface area contributed by atoms with Crippen molar-refractivity contribution in [3.8, 4) is 0 Å². The van der Waals surface area contributed by atoms with Gasteiger partial charge in [0.25, 0.3) is 5.69 Å². The predicted molar refractivity (Wildman–Crippen MR) is 75.5 cm³/mol. The lowest BCUT2D eigenvalue weighted by atomic mass is 9.95. The summed E-state index contributed by atoms with van der Waals surface area (Å²) < 4.78 is 6.53. The molecule has 1 N–H and O–H groups in total. The molecule has 2 heterocycles. The van der Waals surface area contributed by atoms with Crippen LogP contribution in [0.4, 0.5) is 11.4 Å². The van der Waals surface area contributed by atoms with Crippen LogP contribution in [0.2, 0.25) is 0 Å². The molecule has 5 nitrogen and oxygen atoms in total. The second-order valence-electron chi connectivity index (χ2n) is 5.24. The lowest BCUT2D eigenvalue weighted by Crippen LogP contribution is -2.30. The molecule has 1 aromatic rings. The Morgan fingerprint density at radius 1 is 1.47 bits per heavy atom. The maximum atomic E-state index is 10.9. The fourth-order valence-electron chi connectivity index (χ4n) is 2.97. The maximum Gasteiger partial charge on any atom is 0.273 e. The molecule has 2 fully saturated rings. The number of ether oxygens (including phenoxy) is 1. The molecule has 2 bridgehead atoms. The van der Waals surface area contributed by atoms with Crippen LogP contribution < -0.4 is 5.32 Å². The van der Waals surface area contributed by atoms with Gasteiger partial charge in [-0.1, -0.05) is 0 Å². The van der Waals surface area contributed by atoms with E-state index in [1.807, 2.05) is 6.07 Å². The van der Waals surface area contributed by atoms with Gasteiger partial charge in [-0.3, -0.25) is 10.1 Å². The first-order chi connectivity index (χ1) is 9.04. The normalized spacial score (nSPS) is 28.6. The number of nitro groups is 1. The Morgan fingerprint density at radius 2 is 2.26 bits per heavy atom. The van der Waals surface area contributed by atoms with Crippen molar-refractivity contribution >= 4 is 27.3 Å². The molecule has 3 atom stereocenters. The molecule has 0 amide bonds. The standard InChI is InChI=1S/C13H15BrN2O3/c1-7-4-10(9(14)6-12(7)16(17)18)15-11-5-8-2-3-13(11)19-8/h4,6,8,11,13,15H,2-3,5H2,1H3. The van der Waals surface area contributed by atoms with Crippen LogP contribution >= 0.6 is 15.9 Å². The van der Waals surface area contributed by atoms with E-state index >= 15 is 0 Å². The Kier molecular flexibility index (Phi) is 3.22. The number of anilines is 1. The number of halogens is 1. The highest BCUT2D eigenvalue weighted by Gasteiger charge is 2.40. The van der Waals surface area contributed by atoms with E-state index in [0.717, 1.165) is 29.4 Å². The van der Waals surface area contributed by atoms with E-state index in [9.17, 15) is 10.1 Å². The molecule has 0 spiro atoms. The summed E-state index contributed by atoms with van der Waals surface area (Å²) in [6, 6.07) is 3.70. The molecule has 0 radical (unpaired) electrons. The molecular weight excluding hydrogens is 312 g/mol. The molecule has 0 aliphatic carbocycles. The molecule has 2 saturated heterocycles. The van der Waals surface area contributed by atoms with Crippen LogP contribution in [0.15, 0.2) is 16.6 Å². The summed E-state index contributed by atoms with van der Waals surface area (Å²) in [5, 5.41) is 14.3. The lowest BCUT2D eigenvalue weighted by molar-refractivity contribution is -0.385. The fourth-order valence-corrected chi connectivity index (χ4v) is 3.41. The minimum Gasteiger partial charge on any atom is -0.379 e. The van der Waals surface area contributed by atoms with E-state index in [4.69, 9.17) is 4.74 Å². The number of nitrogens with one attached hydrogen (secondary N) is 1. The van der Waals surface area contributed by atoms with E-state index in [1.54, 1.807) is 13.0 Å². The van der Waals surface area contributed by atoms with Crippen LogP contribution in [0.3, 0.4) is 0 Å². The first-order valence-corrected chi connectivity index (χ1v) is 7.20. The number of nitrogens with zero attached hydrogens (tertiary/aromatic N) is 1. The van der Waals surface area contributed by atoms with Crippen molar-refractivity contribution in [2.24, 2.45) is 0 Å². The highest BCUT2D eigenvalue weighted by atomic mass is 79.9.